The first kappa shape index (κ1) is 11.8. The van der Waals surface area contributed by atoms with Crippen molar-refractivity contribution in [3.8, 4) is 0 Å². The van der Waals surface area contributed by atoms with E-state index >= 15 is 0 Å². The number of anilines is 1. The summed E-state index contributed by atoms with van der Waals surface area (Å²) in [4.78, 5) is 4.30. The number of nitrogens with two attached hydrogens (primary N) is 1. The molecule has 0 aliphatic heterocycles. The minimum atomic E-state index is -0.208. The lowest BCUT2D eigenvalue weighted by molar-refractivity contribution is 0.381. The van der Waals surface area contributed by atoms with Gasteiger partial charge in [0.2, 0.25) is 5.65 Å². The highest BCUT2D eigenvalue weighted by Crippen LogP contribution is 2.22. The fraction of sp³-hybridized carbons (Fsp3) is 0.545. The summed E-state index contributed by atoms with van der Waals surface area (Å²) in [5.74, 6) is 1.10. The van der Waals surface area contributed by atoms with E-state index in [4.69, 9.17) is 5.73 Å². The van der Waals surface area contributed by atoms with Crippen LogP contribution in [-0.4, -0.2) is 31.7 Å². The average molecular weight is 234 g/mol. The van der Waals surface area contributed by atoms with Gasteiger partial charge >= 0.3 is 0 Å². The van der Waals surface area contributed by atoms with Gasteiger partial charge in [-0.25, -0.2) is 4.98 Å². The molecule has 0 spiro atoms. The predicted octanol–water partition coefficient (Wildman–Crippen LogP) is 0.910. The quantitative estimate of drug-likeness (QED) is 0.821. The van der Waals surface area contributed by atoms with Crippen molar-refractivity contribution in [2.45, 2.75) is 26.3 Å². The number of hydrogen-bond donors (Lipinski definition) is 2. The SMILES string of the molecule is CC(C)C(C)(CN)Nc1nccn2cnnc12. The molecule has 0 bridgehead atoms. The smallest absolute Gasteiger partial charge is 0.203 e. The van der Waals surface area contributed by atoms with Crippen LogP contribution in [0.3, 0.4) is 0 Å². The van der Waals surface area contributed by atoms with Crippen LogP contribution in [0.25, 0.3) is 5.65 Å². The van der Waals surface area contributed by atoms with E-state index in [9.17, 15) is 0 Å². The molecule has 2 aromatic heterocycles. The van der Waals surface area contributed by atoms with Gasteiger partial charge in [-0.15, -0.1) is 10.2 Å². The van der Waals surface area contributed by atoms with Crippen molar-refractivity contribution in [1.82, 2.24) is 19.6 Å². The third kappa shape index (κ3) is 2.08. The topological polar surface area (TPSA) is 81.1 Å². The molecule has 0 radical (unpaired) electrons. The van der Waals surface area contributed by atoms with Crippen molar-refractivity contribution in [3.05, 3.63) is 18.7 Å². The lowest BCUT2D eigenvalue weighted by Gasteiger charge is -2.34. The number of aromatic nitrogens is 4. The van der Waals surface area contributed by atoms with Crippen molar-refractivity contribution in [2.24, 2.45) is 11.7 Å². The Kier molecular flexibility index (Phi) is 2.97. The second-order valence-corrected chi connectivity index (χ2v) is 4.74. The molecule has 0 saturated heterocycles. The summed E-state index contributed by atoms with van der Waals surface area (Å²) in [5.41, 5.74) is 6.35. The van der Waals surface area contributed by atoms with Crippen LogP contribution in [0, 0.1) is 5.92 Å². The molecule has 0 aliphatic rings. The van der Waals surface area contributed by atoms with E-state index in [-0.39, 0.29) is 5.54 Å². The van der Waals surface area contributed by atoms with Crippen LogP contribution in [0.5, 0.6) is 0 Å². The molecule has 17 heavy (non-hydrogen) atoms. The third-order valence-electron chi connectivity index (χ3n) is 3.32. The van der Waals surface area contributed by atoms with Crippen LogP contribution < -0.4 is 11.1 Å². The highest BCUT2D eigenvalue weighted by Gasteiger charge is 2.27. The number of fused-ring (bicyclic) bond motifs is 1. The molecule has 6 heteroatoms. The Morgan fingerprint density at radius 1 is 1.53 bits per heavy atom. The molecule has 2 aromatic rings. The first-order valence-corrected chi connectivity index (χ1v) is 5.69. The zero-order valence-corrected chi connectivity index (χ0v) is 10.4. The van der Waals surface area contributed by atoms with Gasteiger partial charge in [0.05, 0.1) is 5.54 Å². The molecule has 2 rings (SSSR count). The van der Waals surface area contributed by atoms with Gasteiger partial charge in [-0.3, -0.25) is 4.40 Å². The van der Waals surface area contributed by atoms with Crippen LogP contribution in [0.4, 0.5) is 5.82 Å². The largest absolute Gasteiger partial charge is 0.360 e. The summed E-state index contributed by atoms with van der Waals surface area (Å²) < 4.78 is 1.83. The van der Waals surface area contributed by atoms with Crippen molar-refractivity contribution in [1.29, 1.82) is 0 Å². The summed E-state index contributed by atoms with van der Waals surface area (Å²) in [7, 11) is 0. The highest BCUT2D eigenvalue weighted by atomic mass is 15.3. The molecule has 1 atom stereocenters. The van der Waals surface area contributed by atoms with E-state index in [0.29, 0.717) is 23.9 Å². The molecule has 0 amide bonds. The summed E-state index contributed by atoms with van der Waals surface area (Å²) in [6.45, 7) is 6.87. The Balaban J connectivity index is 2.38. The molecular formula is C11H18N6. The Morgan fingerprint density at radius 2 is 2.29 bits per heavy atom. The lowest BCUT2D eigenvalue weighted by atomic mass is 9.88. The summed E-state index contributed by atoms with van der Waals surface area (Å²) in [6.07, 6.45) is 5.18. The molecule has 2 heterocycles. The van der Waals surface area contributed by atoms with Crippen LogP contribution in [0.1, 0.15) is 20.8 Å². The average Bonchev–Trinajstić information content (AvgIpc) is 2.77. The van der Waals surface area contributed by atoms with E-state index in [2.05, 4.69) is 41.3 Å². The summed E-state index contributed by atoms with van der Waals surface area (Å²) in [6, 6.07) is 0. The second kappa shape index (κ2) is 4.29. The molecule has 0 aliphatic carbocycles. The van der Waals surface area contributed by atoms with E-state index in [1.807, 2.05) is 10.6 Å². The summed E-state index contributed by atoms with van der Waals surface area (Å²) in [5, 5.41) is 11.3. The molecule has 0 saturated carbocycles. The Bertz CT molecular complexity index is 505. The summed E-state index contributed by atoms with van der Waals surface area (Å²) >= 11 is 0. The van der Waals surface area contributed by atoms with Gasteiger partial charge < -0.3 is 11.1 Å². The van der Waals surface area contributed by atoms with E-state index in [1.54, 1.807) is 12.5 Å². The third-order valence-corrected chi connectivity index (χ3v) is 3.32. The molecule has 1 unspecified atom stereocenters. The zero-order valence-electron chi connectivity index (χ0n) is 10.4. The van der Waals surface area contributed by atoms with Crippen molar-refractivity contribution in [3.63, 3.8) is 0 Å². The molecule has 3 N–H and O–H groups in total. The number of nitrogens with one attached hydrogen (secondary N) is 1. The molecule has 6 nitrogen and oxygen atoms in total. The minimum absolute atomic E-state index is 0.208. The fourth-order valence-corrected chi connectivity index (χ4v) is 1.55. The van der Waals surface area contributed by atoms with Crippen LogP contribution >= 0.6 is 0 Å². The monoisotopic (exact) mass is 234 g/mol. The predicted molar refractivity (Wildman–Crippen MR) is 66.7 cm³/mol. The molecule has 0 aromatic carbocycles. The second-order valence-electron chi connectivity index (χ2n) is 4.74. The van der Waals surface area contributed by atoms with Crippen LogP contribution in [-0.2, 0) is 0 Å². The van der Waals surface area contributed by atoms with E-state index in [1.165, 1.54) is 0 Å². The molecular weight excluding hydrogens is 216 g/mol. The number of nitrogens with zero attached hydrogens (tertiary/aromatic N) is 4. The Hall–Kier alpha value is -1.69. The maximum absolute atomic E-state index is 5.84. The van der Waals surface area contributed by atoms with Gasteiger partial charge in [0.25, 0.3) is 0 Å². The van der Waals surface area contributed by atoms with Gasteiger partial charge in [-0.1, -0.05) is 13.8 Å². The van der Waals surface area contributed by atoms with Gasteiger partial charge in [0.1, 0.15) is 6.33 Å². The van der Waals surface area contributed by atoms with Gasteiger partial charge in [-0.2, -0.15) is 0 Å². The highest BCUT2D eigenvalue weighted by molar-refractivity contribution is 5.62. The first-order chi connectivity index (χ1) is 8.07. The lowest BCUT2D eigenvalue weighted by Crippen LogP contribution is -2.47. The zero-order chi connectivity index (χ0) is 12.5. The first-order valence-electron chi connectivity index (χ1n) is 5.69. The van der Waals surface area contributed by atoms with E-state index < -0.39 is 0 Å². The maximum atomic E-state index is 5.84. The standard InChI is InChI=1S/C11H18N6/c1-8(2)11(3,6-12)15-9-10-16-14-7-17(10)5-4-13-9/h4-5,7-8H,6,12H2,1-3H3,(H,13,15). The van der Waals surface area contributed by atoms with Gasteiger partial charge in [0, 0.05) is 18.9 Å². The number of hydrogen-bond acceptors (Lipinski definition) is 5. The Morgan fingerprint density at radius 3 is 2.94 bits per heavy atom. The van der Waals surface area contributed by atoms with Crippen molar-refractivity contribution < 1.29 is 0 Å². The number of rotatable bonds is 4. The van der Waals surface area contributed by atoms with Crippen molar-refractivity contribution >= 4 is 11.5 Å². The maximum Gasteiger partial charge on any atom is 0.203 e. The van der Waals surface area contributed by atoms with Crippen LogP contribution in [0.15, 0.2) is 18.7 Å². The van der Waals surface area contributed by atoms with Crippen molar-refractivity contribution in [2.75, 3.05) is 11.9 Å². The van der Waals surface area contributed by atoms with Gasteiger partial charge in [0.15, 0.2) is 5.82 Å². The Labute approximate surface area is 100 Å². The molecule has 92 valence electrons. The normalized spacial score (nSPS) is 15.1. The van der Waals surface area contributed by atoms with Gasteiger partial charge in [-0.05, 0) is 12.8 Å². The minimum Gasteiger partial charge on any atom is -0.360 e. The van der Waals surface area contributed by atoms with E-state index in [0.717, 1.165) is 0 Å². The van der Waals surface area contributed by atoms with Crippen LogP contribution in [0.2, 0.25) is 0 Å². The fourth-order valence-electron chi connectivity index (χ4n) is 1.55. The molecule has 0 fully saturated rings.